The smallest absolute Gasteiger partial charge is 0.273 e. The van der Waals surface area contributed by atoms with Crippen molar-refractivity contribution >= 4 is 27.3 Å². The molecule has 0 aliphatic carbocycles. The second-order valence-corrected chi connectivity index (χ2v) is 6.57. The summed E-state index contributed by atoms with van der Waals surface area (Å²) in [6, 6.07) is 3.31. The van der Waals surface area contributed by atoms with Gasteiger partial charge in [-0.15, -0.1) is 0 Å². The Morgan fingerprint density at radius 2 is 2.10 bits per heavy atom. The highest BCUT2D eigenvalue weighted by Gasteiger charge is 2.19. The zero-order valence-electron chi connectivity index (χ0n) is 12.1. The molecule has 0 radical (unpaired) electrons. The van der Waals surface area contributed by atoms with E-state index in [1.165, 1.54) is 6.07 Å². The number of aliphatic hydroxyl groups is 1. The molecular weight excluding hydrogens is 324 g/mol. The second-order valence-electron chi connectivity index (χ2n) is 5.72. The molecule has 0 bridgehead atoms. The second kappa shape index (κ2) is 7.04. The summed E-state index contributed by atoms with van der Waals surface area (Å²) in [5.41, 5.74) is 1.65. The van der Waals surface area contributed by atoms with Crippen LogP contribution >= 0.6 is 15.9 Å². The van der Waals surface area contributed by atoms with Gasteiger partial charge in [0.2, 0.25) is 0 Å². The van der Waals surface area contributed by atoms with E-state index < -0.39 is 0 Å². The van der Waals surface area contributed by atoms with Crippen molar-refractivity contribution in [3.63, 3.8) is 0 Å². The molecule has 1 aromatic carbocycles. The van der Waals surface area contributed by atoms with Crippen LogP contribution in [0, 0.1) is 22.5 Å². The van der Waals surface area contributed by atoms with Crippen molar-refractivity contribution in [3.05, 3.63) is 32.3 Å². The molecule has 0 fully saturated rings. The van der Waals surface area contributed by atoms with E-state index in [0.717, 1.165) is 25.1 Å². The molecule has 112 valence electrons. The Bertz CT molecular complexity index is 490. The average Bonchev–Trinajstić information content (AvgIpc) is 2.36. The quantitative estimate of drug-likeness (QED) is 0.581. The number of aryl methyl sites for hydroxylation is 1. The summed E-state index contributed by atoms with van der Waals surface area (Å²) in [5.74, 6) is 0. The third kappa shape index (κ3) is 4.76. The molecule has 1 rings (SSSR count). The number of rotatable bonds is 7. The predicted octanol–water partition coefficient (Wildman–Crippen LogP) is 3.88. The molecule has 0 unspecified atom stereocenters. The Kier molecular flexibility index (Phi) is 5.95. The highest BCUT2D eigenvalue weighted by molar-refractivity contribution is 9.10. The Balaban J connectivity index is 2.79. The first-order valence-corrected chi connectivity index (χ1v) is 7.35. The van der Waals surface area contributed by atoms with Crippen LogP contribution < -0.4 is 5.32 Å². The topological polar surface area (TPSA) is 75.4 Å². The number of nitrogens with one attached hydrogen (secondary N) is 1. The molecule has 0 spiro atoms. The minimum atomic E-state index is -0.380. The van der Waals surface area contributed by atoms with Crippen LogP contribution in [0.2, 0.25) is 0 Å². The van der Waals surface area contributed by atoms with Gasteiger partial charge >= 0.3 is 0 Å². The molecule has 0 aromatic heterocycles. The largest absolute Gasteiger partial charge is 0.396 e. The Labute approximate surface area is 127 Å². The zero-order valence-corrected chi connectivity index (χ0v) is 13.7. The van der Waals surface area contributed by atoms with E-state index in [0.29, 0.717) is 10.0 Å². The van der Waals surface area contributed by atoms with Gasteiger partial charge in [-0.1, -0.05) is 13.8 Å². The number of aliphatic hydroxyl groups excluding tert-OH is 1. The van der Waals surface area contributed by atoms with Gasteiger partial charge in [-0.25, -0.2) is 0 Å². The van der Waals surface area contributed by atoms with Crippen LogP contribution in [-0.4, -0.2) is 23.2 Å². The molecule has 0 aliphatic rings. The maximum atomic E-state index is 10.9. The van der Waals surface area contributed by atoms with Gasteiger partial charge in [-0.05, 0) is 47.2 Å². The fraction of sp³-hybridized carbons (Fsp3) is 0.571. The van der Waals surface area contributed by atoms with Gasteiger partial charge in [0.25, 0.3) is 5.69 Å². The fourth-order valence-electron chi connectivity index (χ4n) is 1.98. The van der Waals surface area contributed by atoms with Gasteiger partial charge in [-0.3, -0.25) is 10.1 Å². The Hall–Kier alpha value is -1.14. The lowest BCUT2D eigenvalue weighted by Crippen LogP contribution is -2.23. The summed E-state index contributed by atoms with van der Waals surface area (Å²) in [4.78, 5) is 10.5. The molecule has 6 heteroatoms. The summed E-state index contributed by atoms with van der Waals surface area (Å²) in [7, 11) is 0. The molecule has 20 heavy (non-hydrogen) atoms. The van der Waals surface area contributed by atoms with Crippen LogP contribution in [-0.2, 0) is 0 Å². The summed E-state index contributed by atoms with van der Waals surface area (Å²) >= 11 is 3.36. The lowest BCUT2D eigenvalue weighted by atomic mass is 9.88. The van der Waals surface area contributed by atoms with Crippen LogP contribution in [0.25, 0.3) is 0 Å². The van der Waals surface area contributed by atoms with Crippen LogP contribution in [0.3, 0.4) is 0 Å². The number of nitro groups is 1. The Morgan fingerprint density at radius 3 is 2.65 bits per heavy atom. The number of anilines is 1. The molecular formula is C14H21BrN2O3. The third-order valence-electron chi connectivity index (χ3n) is 3.25. The summed E-state index contributed by atoms with van der Waals surface area (Å²) in [5, 5.41) is 23.1. The van der Waals surface area contributed by atoms with Crippen molar-refractivity contribution in [1.29, 1.82) is 0 Å². The van der Waals surface area contributed by atoms with Gasteiger partial charge in [0.05, 0.1) is 4.92 Å². The van der Waals surface area contributed by atoms with Crippen molar-refractivity contribution in [1.82, 2.24) is 0 Å². The SMILES string of the molecule is Cc1cc(NCC(C)(C)CCCO)c(Br)cc1[N+](=O)[O-]. The molecule has 2 N–H and O–H groups in total. The van der Waals surface area contributed by atoms with E-state index in [2.05, 4.69) is 35.1 Å². The highest BCUT2D eigenvalue weighted by atomic mass is 79.9. The van der Waals surface area contributed by atoms with E-state index in [4.69, 9.17) is 5.11 Å². The van der Waals surface area contributed by atoms with Crippen LogP contribution in [0.1, 0.15) is 32.3 Å². The summed E-state index contributed by atoms with van der Waals surface area (Å²) in [6.07, 6.45) is 1.69. The standard InChI is InChI=1S/C14H21BrN2O3/c1-10-7-12(11(15)8-13(10)17(19)20)16-9-14(2,3)5-4-6-18/h7-8,16,18H,4-6,9H2,1-3H3. The summed E-state index contributed by atoms with van der Waals surface area (Å²) < 4.78 is 0.688. The van der Waals surface area contributed by atoms with Crippen molar-refractivity contribution in [2.24, 2.45) is 5.41 Å². The number of halogens is 1. The zero-order chi connectivity index (χ0) is 15.3. The maximum Gasteiger partial charge on any atom is 0.273 e. The van der Waals surface area contributed by atoms with E-state index in [-0.39, 0.29) is 22.6 Å². The van der Waals surface area contributed by atoms with Crippen molar-refractivity contribution in [2.75, 3.05) is 18.5 Å². The van der Waals surface area contributed by atoms with Crippen LogP contribution in [0.4, 0.5) is 11.4 Å². The Morgan fingerprint density at radius 1 is 1.45 bits per heavy atom. The average molecular weight is 345 g/mol. The van der Waals surface area contributed by atoms with Crippen LogP contribution in [0.5, 0.6) is 0 Å². The lowest BCUT2D eigenvalue weighted by molar-refractivity contribution is -0.385. The first kappa shape index (κ1) is 16.9. The van der Waals surface area contributed by atoms with Gasteiger partial charge < -0.3 is 10.4 Å². The fourth-order valence-corrected chi connectivity index (χ4v) is 2.46. The number of nitrogens with zero attached hydrogens (tertiary/aromatic N) is 1. The number of hydrogen-bond acceptors (Lipinski definition) is 4. The molecule has 5 nitrogen and oxygen atoms in total. The minimum Gasteiger partial charge on any atom is -0.396 e. The molecule has 0 heterocycles. The molecule has 0 amide bonds. The molecule has 0 aliphatic heterocycles. The molecule has 0 saturated heterocycles. The minimum absolute atomic E-state index is 0.0534. The van der Waals surface area contributed by atoms with Gasteiger partial charge in [-0.2, -0.15) is 0 Å². The number of benzene rings is 1. The maximum absolute atomic E-state index is 10.9. The molecule has 0 atom stereocenters. The van der Waals surface area contributed by atoms with Crippen LogP contribution in [0.15, 0.2) is 16.6 Å². The third-order valence-corrected chi connectivity index (χ3v) is 3.91. The van der Waals surface area contributed by atoms with Crippen molar-refractivity contribution in [2.45, 2.75) is 33.6 Å². The van der Waals surface area contributed by atoms with E-state index in [9.17, 15) is 10.1 Å². The first-order valence-electron chi connectivity index (χ1n) is 6.56. The van der Waals surface area contributed by atoms with E-state index in [1.54, 1.807) is 13.0 Å². The van der Waals surface area contributed by atoms with E-state index in [1.807, 2.05) is 0 Å². The van der Waals surface area contributed by atoms with Gasteiger partial charge in [0.1, 0.15) is 0 Å². The molecule has 1 aromatic rings. The first-order chi connectivity index (χ1) is 9.26. The van der Waals surface area contributed by atoms with Gasteiger partial charge in [0, 0.05) is 34.9 Å². The van der Waals surface area contributed by atoms with E-state index >= 15 is 0 Å². The lowest BCUT2D eigenvalue weighted by Gasteiger charge is -2.25. The number of nitro benzene ring substituents is 1. The predicted molar refractivity (Wildman–Crippen MR) is 84.1 cm³/mol. The normalized spacial score (nSPS) is 11.4. The van der Waals surface area contributed by atoms with Crippen molar-refractivity contribution < 1.29 is 10.0 Å². The number of hydrogen-bond donors (Lipinski definition) is 2. The van der Waals surface area contributed by atoms with Crippen molar-refractivity contribution in [3.8, 4) is 0 Å². The molecule has 0 saturated carbocycles. The monoisotopic (exact) mass is 344 g/mol. The highest BCUT2D eigenvalue weighted by Crippen LogP contribution is 2.32. The summed E-state index contributed by atoms with van der Waals surface area (Å²) in [6.45, 7) is 6.92. The van der Waals surface area contributed by atoms with Gasteiger partial charge in [0.15, 0.2) is 0 Å².